The molecule has 0 aliphatic carbocycles. The summed E-state index contributed by atoms with van der Waals surface area (Å²) in [6.45, 7) is 0. The zero-order chi connectivity index (χ0) is 14.5. The Bertz CT molecular complexity index is 583. The number of nitrogens with one attached hydrogen (secondary N) is 1. The first-order valence-corrected chi connectivity index (χ1v) is 5.71. The molecule has 8 nitrogen and oxygen atoms in total. The molecular weight excluding hydrogens is 262 g/mol. The highest BCUT2D eigenvalue weighted by Crippen LogP contribution is 2.26. The van der Waals surface area contributed by atoms with Crippen molar-refractivity contribution in [2.45, 2.75) is 0 Å². The number of anilines is 3. The highest BCUT2D eigenvalue weighted by atomic mass is 16.5. The van der Waals surface area contributed by atoms with Crippen LogP contribution in [0.1, 0.15) is 0 Å². The molecule has 1 aromatic carbocycles. The van der Waals surface area contributed by atoms with Crippen LogP contribution in [0, 0.1) is 0 Å². The van der Waals surface area contributed by atoms with Gasteiger partial charge in [0, 0.05) is 6.07 Å². The lowest BCUT2D eigenvalue weighted by Crippen LogP contribution is -2.05. The summed E-state index contributed by atoms with van der Waals surface area (Å²) in [5.74, 6) is 0.935. The fourth-order valence-corrected chi connectivity index (χ4v) is 1.48. The smallest absolute Gasteiger partial charge is 0.324 e. The van der Waals surface area contributed by atoms with Gasteiger partial charge >= 0.3 is 12.0 Å². The number of rotatable bonds is 5. The number of methoxy groups -OCH3 is 3. The number of nitrogens with two attached hydrogens (primary N) is 1. The van der Waals surface area contributed by atoms with E-state index in [2.05, 4.69) is 20.3 Å². The van der Waals surface area contributed by atoms with Crippen LogP contribution in [0.4, 0.5) is 17.3 Å². The minimum Gasteiger partial charge on any atom is -0.497 e. The molecule has 0 saturated carbocycles. The summed E-state index contributed by atoms with van der Waals surface area (Å²) in [6, 6.07) is 5.52. The number of hydrogen-bond donors (Lipinski definition) is 2. The average molecular weight is 277 g/mol. The lowest BCUT2D eigenvalue weighted by Gasteiger charge is -2.10. The fraction of sp³-hybridized carbons (Fsp3) is 0.250. The molecule has 2 rings (SSSR count). The summed E-state index contributed by atoms with van der Waals surface area (Å²) >= 11 is 0. The monoisotopic (exact) mass is 277 g/mol. The molecule has 0 fully saturated rings. The third-order valence-corrected chi connectivity index (χ3v) is 2.46. The van der Waals surface area contributed by atoms with Gasteiger partial charge in [-0.3, -0.25) is 0 Å². The molecule has 0 aliphatic rings. The summed E-state index contributed by atoms with van der Waals surface area (Å²) in [5.41, 5.74) is 7.05. The van der Waals surface area contributed by atoms with Crippen molar-refractivity contribution in [1.29, 1.82) is 0 Å². The van der Waals surface area contributed by atoms with Crippen molar-refractivity contribution in [3.8, 4) is 17.8 Å². The quantitative estimate of drug-likeness (QED) is 0.786. The molecule has 0 aliphatic heterocycles. The summed E-state index contributed by atoms with van der Waals surface area (Å²) in [6.07, 6.45) is 0. The van der Waals surface area contributed by atoms with Gasteiger partial charge in [0.2, 0.25) is 5.95 Å². The highest BCUT2D eigenvalue weighted by Gasteiger charge is 2.09. The average Bonchev–Trinajstić information content (AvgIpc) is 2.48. The van der Waals surface area contributed by atoms with Gasteiger partial charge in [-0.15, -0.1) is 4.98 Å². The molecule has 2 aromatic rings. The number of benzene rings is 1. The Morgan fingerprint density at radius 2 is 1.60 bits per heavy atom. The van der Waals surface area contributed by atoms with Gasteiger partial charge in [-0.25, -0.2) is 0 Å². The van der Waals surface area contributed by atoms with Crippen molar-refractivity contribution in [2.75, 3.05) is 32.4 Å². The Balaban J connectivity index is 2.29. The van der Waals surface area contributed by atoms with Crippen LogP contribution < -0.4 is 25.3 Å². The Kier molecular flexibility index (Phi) is 4.04. The minimum absolute atomic E-state index is 0.145. The third kappa shape index (κ3) is 2.97. The molecule has 0 spiro atoms. The van der Waals surface area contributed by atoms with Crippen molar-refractivity contribution in [2.24, 2.45) is 0 Å². The van der Waals surface area contributed by atoms with E-state index < -0.39 is 0 Å². The number of nitrogens with zero attached hydrogens (tertiary/aromatic N) is 3. The maximum atomic E-state index is 5.91. The lowest BCUT2D eigenvalue weighted by atomic mass is 10.2. The molecule has 0 radical (unpaired) electrons. The summed E-state index contributed by atoms with van der Waals surface area (Å²) < 4.78 is 15.0. The van der Waals surface area contributed by atoms with E-state index in [1.165, 1.54) is 14.2 Å². The van der Waals surface area contributed by atoms with Crippen molar-refractivity contribution in [1.82, 2.24) is 15.0 Å². The minimum atomic E-state index is 0.145. The number of nitrogen functional groups attached to an aromatic ring is 1. The van der Waals surface area contributed by atoms with Crippen LogP contribution in [0.3, 0.4) is 0 Å². The second kappa shape index (κ2) is 5.91. The SMILES string of the molecule is COc1ccc(Nc2nc(OC)nc(OC)n2)c(N)c1. The number of ether oxygens (including phenoxy) is 3. The number of hydrogen-bond acceptors (Lipinski definition) is 8. The maximum absolute atomic E-state index is 5.91. The highest BCUT2D eigenvalue weighted by molar-refractivity contribution is 5.71. The Hall–Kier alpha value is -2.77. The van der Waals surface area contributed by atoms with Crippen LogP contribution in [0.2, 0.25) is 0 Å². The van der Waals surface area contributed by atoms with Gasteiger partial charge in [0.1, 0.15) is 5.75 Å². The zero-order valence-electron chi connectivity index (χ0n) is 11.4. The van der Waals surface area contributed by atoms with E-state index in [0.29, 0.717) is 17.1 Å². The molecular formula is C12H15N5O3. The molecule has 106 valence electrons. The van der Waals surface area contributed by atoms with Crippen LogP contribution in [-0.2, 0) is 0 Å². The summed E-state index contributed by atoms with van der Waals surface area (Å²) in [7, 11) is 4.49. The molecule has 0 bridgehead atoms. The van der Waals surface area contributed by atoms with E-state index in [1.807, 2.05) is 0 Å². The third-order valence-electron chi connectivity index (χ3n) is 2.46. The van der Waals surface area contributed by atoms with E-state index in [4.69, 9.17) is 19.9 Å². The molecule has 0 atom stereocenters. The predicted octanol–water partition coefficient (Wildman–Crippen LogP) is 1.22. The summed E-state index contributed by atoms with van der Waals surface area (Å²) in [4.78, 5) is 12.0. The first-order chi connectivity index (χ1) is 9.66. The van der Waals surface area contributed by atoms with Gasteiger partial charge < -0.3 is 25.3 Å². The largest absolute Gasteiger partial charge is 0.497 e. The molecule has 1 aromatic heterocycles. The first-order valence-electron chi connectivity index (χ1n) is 5.71. The Morgan fingerprint density at radius 1 is 0.950 bits per heavy atom. The van der Waals surface area contributed by atoms with Crippen LogP contribution in [0.5, 0.6) is 17.8 Å². The van der Waals surface area contributed by atoms with Crippen LogP contribution in [0.25, 0.3) is 0 Å². The van der Waals surface area contributed by atoms with Gasteiger partial charge in [-0.1, -0.05) is 0 Å². The molecule has 1 heterocycles. The molecule has 0 saturated heterocycles. The first kappa shape index (κ1) is 13.7. The van der Waals surface area contributed by atoms with Crippen molar-refractivity contribution < 1.29 is 14.2 Å². The van der Waals surface area contributed by atoms with E-state index >= 15 is 0 Å². The van der Waals surface area contributed by atoms with Crippen molar-refractivity contribution in [3.05, 3.63) is 18.2 Å². The van der Waals surface area contributed by atoms with Gasteiger partial charge in [0.05, 0.1) is 32.7 Å². The normalized spacial score (nSPS) is 9.95. The van der Waals surface area contributed by atoms with E-state index in [0.717, 1.165) is 0 Å². The fourth-order valence-electron chi connectivity index (χ4n) is 1.48. The molecule has 20 heavy (non-hydrogen) atoms. The second-order valence-corrected chi connectivity index (χ2v) is 3.71. The second-order valence-electron chi connectivity index (χ2n) is 3.71. The topological polar surface area (TPSA) is 104 Å². The Morgan fingerprint density at radius 3 is 2.10 bits per heavy atom. The maximum Gasteiger partial charge on any atom is 0.324 e. The molecule has 3 N–H and O–H groups in total. The Labute approximate surface area is 115 Å². The zero-order valence-corrected chi connectivity index (χ0v) is 11.4. The predicted molar refractivity (Wildman–Crippen MR) is 73.6 cm³/mol. The van der Waals surface area contributed by atoms with E-state index in [9.17, 15) is 0 Å². The van der Waals surface area contributed by atoms with Gasteiger partial charge in [0.15, 0.2) is 0 Å². The van der Waals surface area contributed by atoms with Crippen molar-refractivity contribution >= 4 is 17.3 Å². The summed E-state index contributed by atoms with van der Waals surface area (Å²) in [5, 5.41) is 2.97. The molecule has 0 amide bonds. The molecule has 8 heteroatoms. The van der Waals surface area contributed by atoms with Crippen molar-refractivity contribution in [3.63, 3.8) is 0 Å². The van der Waals surface area contributed by atoms with Gasteiger partial charge in [-0.2, -0.15) is 9.97 Å². The van der Waals surface area contributed by atoms with Gasteiger partial charge in [0.25, 0.3) is 0 Å². The number of aromatic nitrogens is 3. The standard InChI is InChI=1S/C12H15N5O3/c1-18-7-4-5-9(8(13)6-7)14-10-15-11(19-2)17-12(16-10)20-3/h4-6H,13H2,1-3H3,(H,14,15,16,17). The molecule has 0 unspecified atom stereocenters. The van der Waals surface area contributed by atoms with E-state index in [1.54, 1.807) is 25.3 Å². The van der Waals surface area contributed by atoms with Crippen LogP contribution in [0.15, 0.2) is 18.2 Å². The van der Waals surface area contributed by atoms with E-state index in [-0.39, 0.29) is 18.0 Å². The van der Waals surface area contributed by atoms with Crippen LogP contribution >= 0.6 is 0 Å². The van der Waals surface area contributed by atoms with Crippen LogP contribution in [-0.4, -0.2) is 36.3 Å². The van der Waals surface area contributed by atoms with Gasteiger partial charge in [-0.05, 0) is 12.1 Å². The lowest BCUT2D eigenvalue weighted by molar-refractivity contribution is 0.341.